The normalized spacial score (nSPS) is 17.4. The highest BCUT2D eigenvalue weighted by atomic mass is 16.5. The fraction of sp³-hybridized carbons (Fsp3) is 0.312. The van der Waals surface area contributed by atoms with E-state index in [4.69, 9.17) is 9.26 Å². The van der Waals surface area contributed by atoms with Crippen molar-refractivity contribution in [2.45, 2.75) is 19.8 Å². The van der Waals surface area contributed by atoms with Crippen molar-refractivity contribution in [2.24, 2.45) is 5.92 Å². The lowest BCUT2D eigenvalue weighted by Crippen LogP contribution is -2.17. The van der Waals surface area contributed by atoms with Gasteiger partial charge in [-0.05, 0) is 12.0 Å². The van der Waals surface area contributed by atoms with E-state index in [1.165, 1.54) is 7.11 Å². The Balaban J connectivity index is 2.24. The second kappa shape index (κ2) is 5.16. The fourth-order valence-corrected chi connectivity index (χ4v) is 2.80. The predicted octanol–water partition coefficient (Wildman–Crippen LogP) is 2.93. The summed E-state index contributed by atoms with van der Waals surface area (Å²) < 4.78 is 10.6. The average molecular weight is 285 g/mol. The maximum absolute atomic E-state index is 12.3. The number of ether oxygens (including phenoxy) is 1. The number of fused-ring (bicyclic) bond motifs is 1. The Morgan fingerprint density at radius 2 is 2.14 bits per heavy atom. The van der Waals surface area contributed by atoms with Gasteiger partial charge < -0.3 is 9.26 Å². The summed E-state index contributed by atoms with van der Waals surface area (Å²) in [5, 5.41) is 4.04. The third-order valence-electron chi connectivity index (χ3n) is 3.75. The number of Topliss-reactive ketones (excluding diaryl/α,β-unsaturated/α-hetero) is 1. The Kier molecular flexibility index (Phi) is 3.33. The van der Waals surface area contributed by atoms with Crippen molar-refractivity contribution in [1.29, 1.82) is 0 Å². The molecule has 5 nitrogen and oxygen atoms in total. The monoisotopic (exact) mass is 285 g/mol. The number of aldehydes is 1. The zero-order chi connectivity index (χ0) is 15.0. The number of nitrogens with zero attached hydrogens (tertiary/aromatic N) is 1. The summed E-state index contributed by atoms with van der Waals surface area (Å²) in [6.45, 7) is 2.00. The first-order valence-electron chi connectivity index (χ1n) is 6.80. The first-order valence-corrected chi connectivity index (χ1v) is 6.80. The lowest BCUT2D eigenvalue weighted by molar-refractivity contribution is 0.0948. The molecule has 1 atom stereocenters. The Labute approximate surface area is 121 Å². The van der Waals surface area contributed by atoms with Crippen LogP contribution in [0.25, 0.3) is 11.3 Å². The van der Waals surface area contributed by atoms with Gasteiger partial charge in [-0.3, -0.25) is 9.59 Å². The van der Waals surface area contributed by atoms with E-state index >= 15 is 0 Å². The SMILES string of the molecule is COc1cccc(C=O)c1-c1noc2c1C(=O)C[C@H](C)C2. The summed E-state index contributed by atoms with van der Waals surface area (Å²) in [7, 11) is 1.52. The van der Waals surface area contributed by atoms with Crippen LogP contribution in [-0.4, -0.2) is 24.3 Å². The van der Waals surface area contributed by atoms with Gasteiger partial charge in [0.05, 0.1) is 18.2 Å². The molecule has 2 aromatic rings. The van der Waals surface area contributed by atoms with E-state index in [1.54, 1.807) is 18.2 Å². The zero-order valence-corrected chi connectivity index (χ0v) is 11.9. The van der Waals surface area contributed by atoms with Gasteiger partial charge >= 0.3 is 0 Å². The molecule has 21 heavy (non-hydrogen) atoms. The summed E-state index contributed by atoms with van der Waals surface area (Å²) in [5.41, 5.74) is 1.84. The number of rotatable bonds is 3. The molecule has 5 heteroatoms. The molecule has 0 aliphatic heterocycles. The van der Waals surface area contributed by atoms with Crippen LogP contribution in [0.1, 0.15) is 39.8 Å². The molecule has 0 fully saturated rings. The van der Waals surface area contributed by atoms with Gasteiger partial charge in [0.15, 0.2) is 12.1 Å². The lowest BCUT2D eigenvalue weighted by Gasteiger charge is -2.16. The van der Waals surface area contributed by atoms with E-state index in [0.717, 1.165) is 6.29 Å². The van der Waals surface area contributed by atoms with E-state index in [1.807, 2.05) is 6.92 Å². The Bertz CT molecular complexity index is 717. The van der Waals surface area contributed by atoms with Gasteiger partial charge in [0.1, 0.15) is 17.2 Å². The number of benzene rings is 1. The van der Waals surface area contributed by atoms with Crippen LogP contribution < -0.4 is 4.74 Å². The van der Waals surface area contributed by atoms with E-state index in [-0.39, 0.29) is 11.7 Å². The van der Waals surface area contributed by atoms with Crippen molar-refractivity contribution in [1.82, 2.24) is 5.16 Å². The average Bonchev–Trinajstić information content (AvgIpc) is 2.89. The Morgan fingerprint density at radius 1 is 1.33 bits per heavy atom. The van der Waals surface area contributed by atoms with Gasteiger partial charge in [0.25, 0.3) is 0 Å². The minimum absolute atomic E-state index is 0.00255. The summed E-state index contributed by atoms with van der Waals surface area (Å²) in [6.07, 6.45) is 1.88. The third kappa shape index (κ3) is 2.14. The minimum atomic E-state index is 0.00255. The number of aromatic nitrogens is 1. The second-order valence-electron chi connectivity index (χ2n) is 5.31. The predicted molar refractivity (Wildman–Crippen MR) is 75.7 cm³/mol. The van der Waals surface area contributed by atoms with Gasteiger partial charge in [0, 0.05) is 18.4 Å². The smallest absolute Gasteiger partial charge is 0.168 e. The molecule has 0 unspecified atom stereocenters. The van der Waals surface area contributed by atoms with Gasteiger partial charge in [-0.25, -0.2) is 0 Å². The van der Waals surface area contributed by atoms with Crippen LogP contribution in [0.4, 0.5) is 0 Å². The van der Waals surface area contributed by atoms with Crippen LogP contribution in [0.5, 0.6) is 5.75 Å². The molecule has 0 N–H and O–H groups in total. The molecule has 1 heterocycles. The number of methoxy groups -OCH3 is 1. The quantitative estimate of drug-likeness (QED) is 0.811. The van der Waals surface area contributed by atoms with Gasteiger partial charge in [-0.2, -0.15) is 0 Å². The van der Waals surface area contributed by atoms with Crippen molar-refractivity contribution >= 4 is 12.1 Å². The van der Waals surface area contributed by atoms with E-state index in [2.05, 4.69) is 5.16 Å². The molecular weight excluding hydrogens is 270 g/mol. The van der Waals surface area contributed by atoms with Crippen LogP contribution in [0.15, 0.2) is 22.7 Å². The third-order valence-corrected chi connectivity index (χ3v) is 3.75. The van der Waals surface area contributed by atoms with Crippen molar-refractivity contribution in [3.8, 4) is 17.0 Å². The number of hydrogen-bond acceptors (Lipinski definition) is 5. The molecule has 0 radical (unpaired) electrons. The topological polar surface area (TPSA) is 69.4 Å². The van der Waals surface area contributed by atoms with Crippen molar-refractivity contribution in [3.63, 3.8) is 0 Å². The van der Waals surface area contributed by atoms with Crippen molar-refractivity contribution in [3.05, 3.63) is 35.1 Å². The molecule has 0 spiro atoms. The maximum Gasteiger partial charge on any atom is 0.168 e. The summed E-state index contributed by atoms with van der Waals surface area (Å²) in [5.74, 6) is 1.34. The van der Waals surface area contributed by atoms with E-state index in [9.17, 15) is 9.59 Å². The first kappa shape index (κ1) is 13.5. The van der Waals surface area contributed by atoms with Gasteiger partial charge in [-0.1, -0.05) is 24.2 Å². The molecule has 108 valence electrons. The highest BCUT2D eigenvalue weighted by molar-refractivity contribution is 6.05. The fourth-order valence-electron chi connectivity index (χ4n) is 2.80. The van der Waals surface area contributed by atoms with Crippen LogP contribution >= 0.6 is 0 Å². The number of carbonyl (C=O) groups is 2. The summed E-state index contributed by atoms with van der Waals surface area (Å²) in [6, 6.07) is 5.13. The molecule has 1 aliphatic carbocycles. The molecular formula is C16H15NO4. The van der Waals surface area contributed by atoms with Gasteiger partial charge in [0.2, 0.25) is 0 Å². The van der Waals surface area contributed by atoms with Crippen LogP contribution in [0, 0.1) is 5.92 Å². The molecule has 0 saturated carbocycles. The lowest BCUT2D eigenvalue weighted by atomic mass is 9.86. The Hall–Kier alpha value is -2.43. The molecule has 0 saturated heterocycles. The summed E-state index contributed by atoms with van der Waals surface area (Å²) >= 11 is 0. The largest absolute Gasteiger partial charge is 0.496 e. The molecule has 1 aliphatic rings. The molecule has 3 rings (SSSR count). The first-order chi connectivity index (χ1) is 10.2. The van der Waals surface area contributed by atoms with Crippen molar-refractivity contribution < 1.29 is 18.8 Å². The minimum Gasteiger partial charge on any atom is -0.496 e. The van der Waals surface area contributed by atoms with Gasteiger partial charge in [-0.15, -0.1) is 0 Å². The zero-order valence-electron chi connectivity index (χ0n) is 11.9. The van der Waals surface area contributed by atoms with E-state index in [0.29, 0.717) is 46.7 Å². The highest BCUT2D eigenvalue weighted by Crippen LogP contribution is 2.38. The second-order valence-corrected chi connectivity index (χ2v) is 5.31. The number of carbonyl (C=O) groups excluding carboxylic acids is 2. The highest BCUT2D eigenvalue weighted by Gasteiger charge is 2.32. The van der Waals surface area contributed by atoms with Crippen LogP contribution in [-0.2, 0) is 6.42 Å². The number of ketones is 1. The molecule has 0 bridgehead atoms. The van der Waals surface area contributed by atoms with Crippen LogP contribution in [0.3, 0.4) is 0 Å². The summed E-state index contributed by atoms with van der Waals surface area (Å²) in [4.78, 5) is 23.6. The molecule has 1 aromatic carbocycles. The van der Waals surface area contributed by atoms with Crippen molar-refractivity contribution in [2.75, 3.05) is 7.11 Å². The standard InChI is InChI=1S/C16H15NO4/c1-9-6-11(19)15-13(7-9)21-17-16(15)14-10(8-18)4-3-5-12(14)20-2/h3-5,8-9H,6-7H2,1-2H3/t9-/m0/s1. The van der Waals surface area contributed by atoms with E-state index < -0.39 is 0 Å². The molecule has 1 aromatic heterocycles. The molecule has 0 amide bonds. The maximum atomic E-state index is 12.3. The Morgan fingerprint density at radius 3 is 2.86 bits per heavy atom. The number of hydrogen-bond donors (Lipinski definition) is 0. The van der Waals surface area contributed by atoms with Crippen LogP contribution in [0.2, 0.25) is 0 Å².